The Balaban J connectivity index is 1.63. The Labute approximate surface area is 163 Å². The topological polar surface area (TPSA) is 46.8 Å². The van der Waals surface area contributed by atoms with Crippen LogP contribution in [0.15, 0.2) is 40.5 Å². The minimum absolute atomic E-state index is 0.0181. The smallest absolute Gasteiger partial charge is 0.259 e. The number of aryl methyl sites for hydroxylation is 1. The number of benzene rings is 1. The second kappa shape index (κ2) is 7.82. The minimum Gasteiger partial charge on any atom is -0.497 e. The fourth-order valence-corrected chi connectivity index (χ4v) is 4.84. The second-order valence-electron chi connectivity index (χ2n) is 7.19. The van der Waals surface area contributed by atoms with Crippen LogP contribution < -0.4 is 10.3 Å². The lowest BCUT2D eigenvalue weighted by molar-refractivity contribution is 0.190. The highest BCUT2D eigenvalue weighted by atomic mass is 32.1. The van der Waals surface area contributed by atoms with Crippen molar-refractivity contribution in [3.05, 3.63) is 63.0 Å². The van der Waals surface area contributed by atoms with Gasteiger partial charge >= 0.3 is 0 Å². The number of rotatable bonds is 4. The number of nitrogens with zero attached hydrogens (tertiary/aromatic N) is 3. The zero-order valence-electron chi connectivity index (χ0n) is 15.9. The van der Waals surface area contributed by atoms with Gasteiger partial charge in [-0.3, -0.25) is 14.1 Å². The number of aromatic nitrogens is 2. The van der Waals surface area contributed by atoms with Crippen molar-refractivity contribution in [1.29, 1.82) is 0 Å². The average Bonchev–Trinajstić information content (AvgIpc) is 2.90. The SMILES string of the molecule is COc1ccc([C@H]2CCCCCN2Cc2cc(=O)n3c(C)csc3n2)cc1. The summed E-state index contributed by atoms with van der Waals surface area (Å²) in [5.41, 5.74) is 3.14. The van der Waals surface area contributed by atoms with Gasteiger partial charge in [0.2, 0.25) is 0 Å². The summed E-state index contributed by atoms with van der Waals surface area (Å²) in [7, 11) is 1.69. The van der Waals surface area contributed by atoms with Crippen LogP contribution in [0.25, 0.3) is 4.96 Å². The predicted octanol–water partition coefficient (Wildman–Crippen LogP) is 4.19. The number of fused-ring (bicyclic) bond motifs is 1. The van der Waals surface area contributed by atoms with Gasteiger partial charge in [0.05, 0.1) is 12.8 Å². The molecular formula is C21H25N3O2S. The molecule has 0 amide bonds. The van der Waals surface area contributed by atoms with Crippen LogP contribution in [0.4, 0.5) is 0 Å². The molecule has 1 fully saturated rings. The van der Waals surface area contributed by atoms with Gasteiger partial charge in [0, 0.05) is 29.7 Å². The number of methoxy groups -OCH3 is 1. The first-order valence-corrected chi connectivity index (χ1v) is 10.4. The van der Waals surface area contributed by atoms with E-state index in [-0.39, 0.29) is 5.56 Å². The Kier molecular flexibility index (Phi) is 5.27. The van der Waals surface area contributed by atoms with Crippen molar-refractivity contribution in [3.8, 4) is 5.75 Å². The van der Waals surface area contributed by atoms with Crippen LogP contribution in [0.2, 0.25) is 0 Å². The molecule has 1 aliphatic heterocycles. The van der Waals surface area contributed by atoms with E-state index in [0.29, 0.717) is 12.6 Å². The first kappa shape index (κ1) is 18.2. The molecule has 0 bridgehead atoms. The van der Waals surface area contributed by atoms with E-state index >= 15 is 0 Å². The van der Waals surface area contributed by atoms with Gasteiger partial charge in [-0.1, -0.05) is 25.0 Å². The average molecular weight is 384 g/mol. The van der Waals surface area contributed by atoms with Crippen molar-refractivity contribution in [1.82, 2.24) is 14.3 Å². The van der Waals surface area contributed by atoms with Gasteiger partial charge in [-0.25, -0.2) is 4.98 Å². The van der Waals surface area contributed by atoms with E-state index in [1.165, 1.54) is 36.2 Å². The molecular weight excluding hydrogens is 358 g/mol. The summed E-state index contributed by atoms with van der Waals surface area (Å²) >= 11 is 1.53. The largest absolute Gasteiger partial charge is 0.497 e. The summed E-state index contributed by atoms with van der Waals surface area (Å²) in [6.07, 6.45) is 4.80. The third-order valence-corrected chi connectivity index (χ3v) is 6.30. The lowest BCUT2D eigenvalue weighted by atomic mass is 10.0. The van der Waals surface area contributed by atoms with Gasteiger partial charge in [0.15, 0.2) is 4.96 Å². The lowest BCUT2D eigenvalue weighted by Gasteiger charge is -2.30. The van der Waals surface area contributed by atoms with E-state index in [4.69, 9.17) is 9.72 Å². The van der Waals surface area contributed by atoms with Crippen LogP contribution in [0, 0.1) is 6.92 Å². The summed E-state index contributed by atoms with van der Waals surface area (Å²) in [5, 5.41) is 1.99. The Morgan fingerprint density at radius 1 is 1.22 bits per heavy atom. The molecule has 3 heterocycles. The third-order valence-electron chi connectivity index (χ3n) is 5.36. The molecule has 27 heavy (non-hydrogen) atoms. The molecule has 3 aromatic rings. The first-order chi connectivity index (χ1) is 13.2. The molecule has 1 saturated heterocycles. The first-order valence-electron chi connectivity index (χ1n) is 9.50. The molecule has 0 saturated carbocycles. The molecule has 0 N–H and O–H groups in total. The molecule has 2 aromatic heterocycles. The maximum atomic E-state index is 12.5. The fraction of sp³-hybridized carbons (Fsp3) is 0.429. The molecule has 4 rings (SSSR count). The Bertz CT molecular complexity index is 977. The summed E-state index contributed by atoms with van der Waals surface area (Å²) < 4.78 is 6.99. The van der Waals surface area contributed by atoms with Crippen molar-refractivity contribution in [2.45, 2.75) is 45.2 Å². The number of hydrogen-bond donors (Lipinski definition) is 0. The summed E-state index contributed by atoms with van der Waals surface area (Å²) in [5.74, 6) is 0.882. The zero-order chi connectivity index (χ0) is 18.8. The van der Waals surface area contributed by atoms with Crippen molar-refractivity contribution in [3.63, 3.8) is 0 Å². The highest BCUT2D eigenvalue weighted by Crippen LogP contribution is 2.32. The van der Waals surface area contributed by atoms with E-state index in [9.17, 15) is 4.79 Å². The van der Waals surface area contributed by atoms with Crippen molar-refractivity contribution >= 4 is 16.3 Å². The van der Waals surface area contributed by atoms with Crippen molar-refractivity contribution < 1.29 is 4.74 Å². The predicted molar refractivity (Wildman–Crippen MR) is 109 cm³/mol. The Hall–Kier alpha value is -2.18. The Morgan fingerprint density at radius 2 is 2.04 bits per heavy atom. The van der Waals surface area contributed by atoms with E-state index in [1.54, 1.807) is 17.6 Å². The van der Waals surface area contributed by atoms with Gasteiger partial charge < -0.3 is 4.74 Å². The van der Waals surface area contributed by atoms with Gasteiger partial charge in [0.25, 0.3) is 5.56 Å². The van der Waals surface area contributed by atoms with Crippen LogP contribution in [-0.4, -0.2) is 27.9 Å². The summed E-state index contributed by atoms with van der Waals surface area (Å²) in [6, 6.07) is 10.4. The molecule has 5 nitrogen and oxygen atoms in total. The number of likely N-dealkylation sites (tertiary alicyclic amines) is 1. The minimum atomic E-state index is 0.0181. The van der Waals surface area contributed by atoms with Gasteiger partial charge in [-0.05, 0) is 44.0 Å². The maximum Gasteiger partial charge on any atom is 0.259 e. The molecule has 142 valence electrons. The molecule has 0 unspecified atom stereocenters. The lowest BCUT2D eigenvalue weighted by Crippen LogP contribution is -2.29. The van der Waals surface area contributed by atoms with Crippen LogP contribution in [0.1, 0.15) is 48.7 Å². The quantitative estimate of drug-likeness (QED) is 0.678. The van der Waals surface area contributed by atoms with Gasteiger partial charge in [-0.15, -0.1) is 11.3 Å². The Morgan fingerprint density at radius 3 is 2.81 bits per heavy atom. The molecule has 0 aliphatic carbocycles. The molecule has 1 aliphatic rings. The monoisotopic (exact) mass is 383 g/mol. The van der Waals surface area contributed by atoms with E-state index in [1.807, 2.05) is 24.4 Å². The highest BCUT2D eigenvalue weighted by molar-refractivity contribution is 7.15. The summed E-state index contributed by atoms with van der Waals surface area (Å²) in [4.78, 5) is 20.5. The van der Waals surface area contributed by atoms with Crippen LogP contribution in [0.3, 0.4) is 0 Å². The molecule has 0 radical (unpaired) electrons. The number of ether oxygens (including phenoxy) is 1. The van der Waals surface area contributed by atoms with Crippen molar-refractivity contribution in [2.75, 3.05) is 13.7 Å². The fourth-order valence-electron chi connectivity index (χ4n) is 3.95. The summed E-state index contributed by atoms with van der Waals surface area (Å²) in [6.45, 7) is 3.68. The second-order valence-corrected chi connectivity index (χ2v) is 8.03. The number of hydrogen-bond acceptors (Lipinski definition) is 5. The molecule has 0 spiro atoms. The molecule has 1 aromatic carbocycles. The normalized spacial score (nSPS) is 18.5. The van der Waals surface area contributed by atoms with Crippen LogP contribution >= 0.6 is 11.3 Å². The third kappa shape index (κ3) is 3.77. The highest BCUT2D eigenvalue weighted by Gasteiger charge is 2.23. The van der Waals surface area contributed by atoms with Gasteiger partial charge in [-0.2, -0.15) is 0 Å². The number of thiazole rings is 1. The standard InChI is InChI=1S/C21H25N3O2S/c1-15-14-27-21-22-17(12-20(25)24(15)21)13-23-11-5-3-4-6-19(23)16-7-9-18(26-2)10-8-16/h7-10,12,14,19H,3-6,11,13H2,1-2H3/t19-/m1/s1. The molecule has 6 heteroatoms. The zero-order valence-corrected chi connectivity index (χ0v) is 16.7. The maximum absolute atomic E-state index is 12.5. The van der Waals surface area contributed by atoms with Gasteiger partial charge in [0.1, 0.15) is 5.75 Å². The molecule has 1 atom stereocenters. The van der Waals surface area contributed by atoms with E-state index in [0.717, 1.165) is 35.1 Å². The van der Waals surface area contributed by atoms with E-state index < -0.39 is 0 Å². The van der Waals surface area contributed by atoms with Crippen LogP contribution in [0.5, 0.6) is 5.75 Å². The van der Waals surface area contributed by atoms with Crippen LogP contribution in [-0.2, 0) is 6.54 Å². The van der Waals surface area contributed by atoms with E-state index in [2.05, 4.69) is 17.0 Å². The van der Waals surface area contributed by atoms with Crippen molar-refractivity contribution in [2.24, 2.45) is 0 Å².